The van der Waals surface area contributed by atoms with Gasteiger partial charge < -0.3 is 15.2 Å². The molecule has 1 aliphatic heterocycles. The van der Waals surface area contributed by atoms with Crippen molar-refractivity contribution in [3.63, 3.8) is 0 Å². The van der Waals surface area contributed by atoms with Gasteiger partial charge >= 0.3 is 0 Å². The Kier molecular flexibility index (Phi) is 4.61. The van der Waals surface area contributed by atoms with Crippen LogP contribution in [-0.4, -0.2) is 22.7 Å². The first-order valence-corrected chi connectivity index (χ1v) is 10.5. The van der Waals surface area contributed by atoms with E-state index in [9.17, 15) is 15.2 Å². The van der Waals surface area contributed by atoms with Gasteiger partial charge in [-0.15, -0.1) is 0 Å². The minimum Gasteiger partial charge on any atom is -0.485 e. The van der Waals surface area contributed by atoms with E-state index < -0.39 is 17.7 Å². The topological polar surface area (TPSA) is 82.3 Å². The Bertz CT molecular complexity index is 1270. The van der Waals surface area contributed by atoms with Crippen molar-refractivity contribution in [2.24, 2.45) is 0 Å². The van der Waals surface area contributed by atoms with Crippen molar-refractivity contribution in [3.05, 3.63) is 95.1 Å². The third-order valence-corrected chi connectivity index (χ3v) is 6.17. The Morgan fingerprint density at radius 2 is 1.62 bits per heavy atom. The molecule has 2 unspecified atom stereocenters. The number of nitrogens with one attached hydrogen (secondary N) is 1. The largest absolute Gasteiger partial charge is 0.485 e. The first kappa shape index (κ1) is 20.0. The molecule has 3 aromatic rings. The number of aliphatic hydroxyl groups is 1. The second-order valence-corrected chi connectivity index (χ2v) is 8.65. The first-order chi connectivity index (χ1) is 15.4. The molecule has 0 saturated carbocycles. The van der Waals surface area contributed by atoms with Crippen LogP contribution in [-0.2, 0) is 4.79 Å². The lowest BCUT2D eigenvalue weighted by Gasteiger charge is -2.42. The average molecular weight is 422 g/mol. The lowest BCUT2D eigenvalue weighted by molar-refractivity contribution is -0.121. The van der Waals surface area contributed by atoms with Crippen LogP contribution < -0.4 is 10.1 Å². The Labute approximate surface area is 186 Å². The average Bonchev–Trinajstić information content (AvgIpc) is 3.10. The van der Waals surface area contributed by atoms with Crippen LogP contribution in [0.25, 0.3) is 16.7 Å². The summed E-state index contributed by atoms with van der Waals surface area (Å²) in [5.41, 5.74) is 5.18. The van der Waals surface area contributed by atoms with Gasteiger partial charge in [0.2, 0.25) is 5.91 Å². The molecule has 0 aromatic heterocycles. The van der Waals surface area contributed by atoms with E-state index in [0.29, 0.717) is 16.9 Å². The lowest BCUT2D eigenvalue weighted by atomic mass is 9.86. The minimum absolute atomic E-state index is 0.318. The van der Waals surface area contributed by atoms with E-state index in [4.69, 9.17) is 4.74 Å². The maximum atomic E-state index is 13.2. The number of hydrogen-bond donors (Lipinski definition) is 2. The number of ether oxygens (including phenoxy) is 1. The number of aliphatic hydroxyl groups excluding tert-OH is 1. The van der Waals surface area contributed by atoms with Gasteiger partial charge in [-0.3, -0.25) is 4.79 Å². The summed E-state index contributed by atoms with van der Waals surface area (Å²) in [5, 5.41) is 23.3. The summed E-state index contributed by atoms with van der Waals surface area (Å²) in [6, 6.07) is 22.5. The number of carbonyl (C=O) groups excluding carboxylic acids is 1. The van der Waals surface area contributed by atoms with Crippen molar-refractivity contribution in [3.8, 4) is 22.9 Å². The van der Waals surface area contributed by atoms with E-state index in [1.54, 1.807) is 38.1 Å². The molecule has 1 heterocycles. The van der Waals surface area contributed by atoms with Gasteiger partial charge in [-0.1, -0.05) is 48.5 Å². The molecule has 32 heavy (non-hydrogen) atoms. The quantitative estimate of drug-likeness (QED) is 0.470. The van der Waals surface area contributed by atoms with E-state index in [1.165, 1.54) is 0 Å². The number of benzene rings is 3. The summed E-state index contributed by atoms with van der Waals surface area (Å²) >= 11 is 0. The number of rotatable bonds is 2. The van der Waals surface area contributed by atoms with E-state index in [1.807, 2.05) is 36.4 Å². The SMILES string of the molecule is CC1(C)Oc2ccc(C#N)cc2C(NC(=O)C=C2c3ccccc3-c3ccccc32)C1O. The number of amides is 1. The highest BCUT2D eigenvalue weighted by Crippen LogP contribution is 2.44. The van der Waals surface area contributed by atoms with Gasteiger partial charge in [-0.2, -0.15) is 5.26 Å². The molecule has 3 aromatic carbocycles. The molecule has 5 heteroatoms. The highest BCUT2D eigenvalue weighted by molar-refractivity contribution is 6.08. The Balaban J connectivity index is 1.53. The molecule has 1 aliphatic carbocycles. The van der Waals surface area contributed by atoms with E-state index >= 15 is 0 Å². The molecule has 0 saturated heterocycles. The monoisotopic (exact) mass is 422 g/mol. The Hall–Kier alpha value is -3.88. The molecule has 0 fully saturated rings. The van der Waals surface area contributed by atoms with Crippen LogP contribution in [0.3, 0.4) is 0 Å². The Morgan fingerprint density at radius 3 is 2.22 bits per heavy atom. The van der Waals surface area contributed by atoms with Crippen molar-refractivity contribution in [2.75, 3.05) is 0 Å². The maximum absolute atomic E-state index is 13.2. The lowest BCUT2D eigenvalue weighted by Crippen LogP contribution is -2.53. The molecule has 2 N–H and O–H groups in total. The van der Waals surface area contributed by atoms with Crippen molar-refractivity contribution >= 4 is 11.5 Å². The molecule has 0 radical (unpaired) electrons. The fraction of sp³-hybridized carbons (Fsp3) is 0.185. The summed E-state index contributed by atoms with van der Waals surface area (Å²) in [7, 11) is 0. The van der Waals surface area contributed by atoms with E-state index in [-0.39, 0.29) is 5.91 Å². The number of hydrogen-bond acceptors (Lipinski definition) is 4. The van der Waals surface area contributed by atoms with Crippen LogP contribution in [0.15, 0.2) is 72.8 Å². The molecular formula is C27H22N2O3. The third kappa shape index (κ3) is 3.17. The minimum atomic E-state index is -0.991. The predicted octanol–water partition coefficient (Wildman–Crippen LogP) is 4.36. The normalized spacial score (nSPS) is 19.6. The maximum Gasteiger partial charge on any atom is 0.245 e. The van der Waals surface area contributed by atoms with Crippen molar-refractivity contribution < 1.29 is 14.6 Å². The van der Waals surface area contributed by atoms with Gasteiger partial charge in [0, 0.05) is 11.6 Å². The summed E-state index contributed by atoms with van der Waals surface area (Å²) in [4.78, 5) is 13.2. The second-order valence-electron chi connectivity index (χ2n) is 8.65. The highest BCUT2D eigenvalue weighted by atomic mass is 16.5. The molecule has 5 nitrogen and oxygen atoms in total. The zero-order valence-electron chi connectivity index (χ0n) is 17.8. The molecule has 0 bridgehead atoms. The molecule has 5 rings (SSSR count). The smallest absolute Gasteiger partial charge is 0.245 e. The first-order valence-electron chi connectivity index (χ1n) is 10.5. The van der Waals surface area contributed by atoms with Crippen molar-refractivity contribution in [2.45, 2.75) is 31.6 Å². The number of carbonyl (C=O) groups is 1. The molecule has 158 valence electrons. The van der Waals surface area contributed by atoms with E-state index in [2.05, 4.69) is 23.5 Å². The van der Waals surface area contributed by atoms with Gasteiger partial charge in [-0.05, 0) is 59.9 Å². The van der Waals surface area contributed by atoms with Crippen molar-refractivity contribution in [1.82, 2.24) is 5.32 Å². The van der Waals surface area contributed by atoms with Crippen LogP contribution in [0.4, 0.5) is 0 Å². The van der Waals surface area contributed by atoms with Crippen LogP contribution in [0.5, 0.6) is 5.75 Å². The molecule has 1 amide bonds. The van der Waals surface area contributed by atoms with Crippen LogP contribution >= 0.6 is 0 Å². The van der Waals surface area contributed by atoms with E-state index in [0.717, 1.165) is 27.8 Å². The fourth-order valence-corrected chi connectivity index (χ4v) is 4.56. The van der Waals surface area contributed by atoms with Gasteiger partial charge in [0.05, 0.1) is 17.7 Å². The zero-order chi connectivity index (χ0) is 22.5. The summed E-state index contributed by atoms with van der Waals surface area (Å²) in [5.74, 6) is 0.232. The second kappa shape index (κ2) is 7.37. The molecule has 2 atom stereocenters. The Morgan fingerprint density at radius 1 is 1.03 bits per heavy atom. The van der Waals surface area contributed by atoms with Crippen LogP contribution in [0, 0.1) is 11.3 Å². The van der Waals surface area contributed by atoms with Gasteiger partial charge in [-0.25, -0.2) is 0 Å². The number of fused-ring (bicyclic) bond motifs is 4. The van der Waals surface area contributed by atoms with Gasteiger partial charge in [0.25, 0.3) is 0 Å². The summed E-state index contributed by atoms with van der Waals surface area (Å²) < 4.78 is 5.94. The van der Waals surface area contributed by atoms with Crippen molar-refractivity contribution in [1.29, 1.82) is 5.26 Å². The van der Waals surface area contributed by atoms with Crippen LogP contribution in [0.2, 0.25) is 0 Å². The van der Waals surface area contributed by atoms with Crippen LogP contribution in [0.1, 0.15) is 42.1 Å². The van der Waals surface area contributed by atoms with Gasteiger partial charge in [0.15, 0.2) is 0 Å². The number of nitriles is 1. The number of nitrogens with zero attached hydrogens (tertiary/aromatic N) is 1. The predicted molar refractivity (Wildman–Crippen MR) is 122 cm³/mol. The standard InChI is InChI=1S/C27H22N2O3/c1-27(2)26(31)25(22-13-16(15-28)11-12-23(22)32-27)29-24(30)14-21-19-9-5-3-7-17(19)18-8-4-6-10-20(18)21/h3-14,25-26,31H,1-2H3,(H,29,30). The molecule has 0 spiro atoms. The molecular weight excluding hydrogens is 400 g/mol. The zero-order valence-corrected chi connectivity index (χ0v) is 17.8. The summed E-state index contributed by atoms with van der Waals surface area (Å²) in [6.45, 7) is 3.56. The summed E-state index contributed by atoms with van der Waals surface area (Å²) in [6.07, 6.45) is 0.600. The van der Waals surface area contributed by atoms with Gasteiger partial charge in [0.1, 0.15) is 17.5 Å². The molecule has 2 aliphatic rings. The third-order valence-electron chi connectivity index (χ3n) is 6.17. The fourth-order valence-electron chi connectivity index (χ4n) is 4.56. The highest BCUT2D eigenvalue weighted by Gasteiger charge is 2.43.